The van der Waals surface area contributed by atoms with Crippen molar-refractivity contribution in [1.29, 1.82) is 0 Å². The van der Waals surface area contributed by atoms with Crippen LogP contribution in [0.15, 0.2) is 64.4 Å². The molecule has 0 atom stereocenters. The molecule has 2 rings (SSSR count). The fraction of sp³-hybridized carbons (Fsp3) is 0.250. The lowest BCUT2D eigenvalue weighted by atomic mass is 10.4. The van der Waals surface area contributed by atoms with E-state index in [1.807, 2.05) is 0 Å². The molecule has 0 aliphatic rings. The number of sulfone groups is 1. The van der Waals surface area contributed by atoms with Crippen LogP contribution in [0, 0.1) is 0 Å². The Bertz CT molecular complexity index is 879. The van der Waals surface area contributed by atoms with E-state index in [4.69, 9.17) is 11.6 Å². The highest BCUT2D eigenvalue weighted by Gasteiger charge is 2.25. The van der Waals surface area contributed by atoms with E-state index in [1.54, 1.807) is 25.1 Å². The van der Waals surface area contributed by atoms with Crippen LogP contribution in [0.25, 0.3) is 0 Å². The highest BCUT2D eigenvalue weighted by molar-refractivity contribution is 7.91. The number of rotatable bonds is 7. The van der Waals surface area contributed by atoms with Crippen LogP contribution < -0.4 is 0 Å². The quantitative estimate of drug-likeness (QED) is 0.732. The van der Waals surface area contributed by atoms with Crippen LogP contribution in [0.1, 0.15) is 6.92 Å². The van der Waals surface area contributed by atoms with Gasteiger partial charge in [-0.05, 0) is 36.4 Å². The zero-order chi connectivity index (χ0) is 17.8. The second-order valence-electron chi connectivity index (χ2n) is 5.08. The molecule has 0 amide bonds. The molecule has 0 aliphatic heterocycles. The van der Waals surface area contributed by atoms with Crippen LogP contribution in [0.4, 0.5) is 0 Å². The summed E-state index contributed by atoms with van der Waals surface area (Å²) < 4.78 is 51.0. The van der Waals surface area contributed by atoms with Crippen molar-refractivity contribution in [2.24, 2.45) is 0 Å². The minimum atomic E-state index is -3.76. The number of nitrogens with zero attached hydrogens (tertiary/aromatic N) is 1. The van der Waals surface area contributed by atoms with Crippen molar-refractivity contribution in [3.63, 3.8) is 0 Å². The summed E-state index contributed by atoms with van der Waals surface area (Å²) in [4.78, 5) is 0.274. The summed E-state index contributed by atoms with van der Waals surface area (Å²) in [6.45, 7) is 1.73. The van der Waals surface area contributed by atoms with Crippen molar-refractivity contribution < 1.29 is 16.8 Å². The molecule has 5 nitrogen and oxygen atoms in total. The fourth-order valence-corrected chi connectivity index (χ4v) is 5.13. The highest BCUT2D eigenvalue weighted by atomic mass is 35.5. The standard InChI is InChI=1S/C16H18ClNO4S2/c1-2-18(24(21,22)16-10-8-14(17)9-11-16)12-13-23(19,20)15-6-4-3-5-7-15/h3-11H,2,12-13H2,1H3. The van der Waals surface area contributed by atoms with Crippen molar-refractivity contribution >= 4 is 31.5 Å². The summed E-state index contributed by atoms with van der Waals surface area (Å²) in [5, 5.41) is 0.434. The smallest absolute Gasteiger partial charge is 0.224 e. The van der Waals surface area contributed by atoms with Gasteiger partial charge in [0, 0.05) is 18.1 Å². The van der Waals surface area contributed by atoms with E-state index in [9.17, 15) is 16.8 Å². The lowest BCUT2D eigenvalue weighted by Crippen LogP contribution is -2.35. The maximum atomic E-state index is 12.6. The summed E-state index contributed by atoms with van der Waals surface area (Å²) >= 11 is 5.78. The van der Waals surface area contributed by atoms with Gasteiger partial charge in [-0.25, -0.2) is 16.8 Å². The molecule has 0 radical (unpaired) electrons. The van der Waals surface area contributed by atoms with Crippen molar-refractivity contribution in [2.45, 2.75) is 16.7 Å². The van der Waals surface area contributed by atoms with Crippen molar-refractivity contribution in [3.8, 4) is 0 Å². The normalized spacial score (nSPS) is 12.5. The Kier molecular flexibility index (Phi) is 6.03. The molecule has 0 bridgehead atoms. The molecule has 0 aliphatic carbocycles. The molecule has 0 spiro atoms. The third kappa shape index (κ3) is 4.36. The van der Waals surface area contributed by atoms with Crippen LogP contribution in [0.5, 0.6) is 0 Å². The Balaban J connectivity index is 2.19. The summed E-state index contributed by atoms with van der Waals surface area (Å²) in [6.07, 6.45) is 0. The molecule has 24 heavy (non-hydrogen) atoms. The minimum Gasteiger partial charge on any atom is -0.224 e. The van der Waals surface area contributed by atoms with Crippen LogP contribution in [-0.2, 0) is 19.9 Å². The van der Waals surface area contributed by atoms with Crippen molar-refractivity contribution in [3.05, 3.63) is 59.6 Å². The van der Waals surface area contributed by atoms with Crippen LogP contribution in [-0.4, -0.2) is 40.0 Å². The fourth-order valence-electron chi connectivity index (χ4n) is 2.17. The largest absolute Gasteiger partial charge is 0.243 e. The average molecular weight is 388 g/mol. The molecule has 0 fully saturated rings. The number of benzene rings is 2. The Morgan fingerprint density at radius 2 is 1.46 bits per heavy atom. The first-order valence-electron chi connectivity index (χ1n) is 7.31. The molecule has 8 heteroatoms. The van der Waals surface area contributed by atoms with Gasteiger partial charge < -0.3 is 0 Å². The van der Waals surface area contributed by atoms with E-state index in [-0.39, 0.29) is 28.6 Å². The predicted molar refractivity (Wildman–Crippen MR) is 94.4 cm³/mol. The van der Waals surface area contributed by atoms with Gasteiger partial charge in [-0.1, -0.05) is 36.7 Å². The van der Waals surface area contributed by atoms with Gasteiger partial charge >= 0.3 is 0 Å². The van der Waals surface area contributed by atoms with Crippen LogP contribution >= 0.6 is 11.6 Å². The summed E-state index contributed by atoms with van der Waals surface area (Å²) in [7, 11) is -7.30. The summed E-state index contributed by atoms with van der Waals surface area (Å²) in [5.74, 6) is -0.280. The second kappa shape index (κ2) is 7.65. The Labute approximate surface area is 147 Å². The average Bonchev–Trinajstić information content (AvgIpc) is 2.56. The summed E-state index contributed by atoms with van der Waals surface area (Å²) in [6, 6.07) is 13.8. The van der Waals surface area contributed by atoms with E-state index in [2.05, 4.69) is 0 Å². The number of hydrogen-bond acceptors (Lipinski definition) is 4. The van der Waals surface area contributed by atoms with Crippen molar-refractivity contribution in [1.82, 2.24) is 4.31 Å². The van der Waals surface area contributed by atoms with E-state index in [0.29, 0.717) is 5.02 Å². The van der Waals surface area contributed by atoms with Gasteiger partial charge in [-0.3, -0.25) is 0 Å². The maximum Gasteiger partial charge on any atom is 0.243 e. The molecular weight excluding hydrogens is 370 g/mol. The Morgan fingerprint density at radius 1 is 0.875 bits per heavy atom. The van der Waals surface area contributed by atoms with Crippen molar-refractivity contribution in [2.75, 3.05) is 18.8 Å². The molecule has 0 saturated heterocycles. The first kappa shape index (κ1) is 18.9. The highest BCUT2D eigenvalue weighted by Crippen LogP contribution is 2.19. The molecule has 130 valence electrons. The van der Waals surface area contributed by atoms with Crippen LogP contribution in [0.3, 0.4) is 0 Å². The molecule has 0 heterocycles. The van der Waals surface area contributed by atoms with Gasteiger partial charge in [0.1, 0.15) is 0 Å². The molecular formula is C16H18ClNO4S2. The Morgan fingerprint density at radius 3 is 2.00 bits per heavy atom. The maximum absolute atomic E-state index is 12.6. The molecule has 0 unspecified atom stereocenters. The Hall–Kier alpha value is -1.41. The van der Waals surface area contributed by atoms with E-state index < -0.39 is 19.9 Å². The van der Waals surface area contributed by atoms with E-state index in [1.165, 1.54) is 36.4 Å². The number of hydrogen-bond donors (Lipinski definition) is 0. The van der Waals surface area contributed by atoms with Gasteiger partial charge in [0.05, 0.1) is 15.5 Å². The van der Waals surface area contributed by atoms with Gasteiger partial charge in [-0.15, -0.1) is 0 Å². The minimum absolute atomic E-state index is 0.0888. The zero-order valence-electron chi connectivity index (χ0n) is 13.1. The van der Waals surface area contributed by atoms with Gasteiger partial charge in [0.25, 0.3) is 0 Å². The van der Waals surface area contributed by atoms with Gasteiger partial charge in [0.2, 0.25) is 10.0 Å². The third-order valence-electron chi connectivity index (χ3n) is 3.52. The number of halogens is 1. The molecule has 2 aromatic carbocycles. The van der Waals surface area contributed by atoms with Gasteiger partial charge in [-0.2, -0.15) is 4.31 Å². The monoisotopic (exact) mass is 387 g/mol. The molecule has 0 saturated carbocycles. The predicted octanol–water partition coefficient (Wildman–Crippen LogP) is 2.82. The molecule has 2 aromatic rings. The lowest BCUT2D eigenvalue weighted by molar-refractivity contribution is 0.444. The first-order chi connectivity index (χ1) is 11.3. The lowest BCUT2D eigenvalue weighted by Gasteiger charge is -2.20. The molecule has 0 N–H and O–H groups in total. The SMILES string of the molecule is CCN(CCS(=O)(=O)c1ccccc1)S(=O)(=O)c1ccc(Cl)cc1. The zero-order valence-corrected chi connectivity index (χ0v) is 15.5. The topological polar surface area (TPSA) is 71.5 Å². The van der Waals surface area contributed by atoms with Gasteiger partial charge in [0.15, 0.2) is 9.84 Å². The van der Waals surface area contributed by atoms with E-state index >= 15 is 0 Å². The molecule has 0 aromatic heterocycles. The third-order valence-corrected chi connectivity index (χ3v) is 7.47. The summed E-state index contributed by atoms with van der Waals surface area (Å²) in [5.41, 5.74) is 0. The first-order valence-corrected chi connectivity index (χ1v) is 10.8. The van der Waals surface area contributed by atoms with Crippen LogP contribution in [0.2, 0.25) is 5.02 Å². The number of sulfonamides is 1. The van der Waals surface area contributed by atoms with E-state index in [0.717, 1.165) is 4.31 Å². The second-order valence-corrected chi connectivity index (χ2v) is 9.57.